The van der Waals surface area contributed by atoms with Gasteiger partial charge >= 0.3 is 18.5 Å². The summed E-state index contributed by atoms with van der Waals surface area (Å²) in [6.07, 6.45) is -18.7. The third-order valence-electron chi connectivity index (χ3n) is 4.44. The average Bonchev–Trinajstić information content (AvgIpc) is 2.57. The van der Waals surface area contributed by atoms with E-state index in [-0.39, 0.29) is 11.0 Å². The average molecular weight is 450 g/mol. The Morgan fingerprint density at radius 2 is 1.77 bits per heavy atom. The number of aromatic amines is 1. The van der Waals surface area contributed by atoms with Crippen LogP contribution >= 0.6 is 0 Å². The van der Waals surface area contributed by atoms with Crippen molar-refractivity contribution in [3.8, 4) is 5.75 Å². The Hall–Kier alpha value is -2.64. The van der Waals surface area contributed by atoms with Gasteiger partial charge in [0, 0.05) is 6.07 Å². The molecule has 0 bridgehead atoms. The van der Waals surface area contributed by atoms with Crippen molar-refractivity contribution >= 4 is 16.6 Å². The topological polar surface area (TPSA) is 65.6 Å². The number of hydrogen-bond donors (Lipinski definition) is 2. The molecule has 2 aromatic rings. The first kappa shape index (κ1) is 22.1. The monoisotopic (exact) mass is 450 g/mol. The largest absolute Gasteiger partial charge is 0.488 e. The van der Waals surface area contributed by atoms with Gasteiger partial charge in [0.05, 0.1) is 28.7 Å². The van der Waals surface area contributed by atoms with Gasteiger partial charge in [0.1, 0.15) is 6.61 Å². The summed E-state index contributed by atoms with van der Waals surface area (Å²) in [5.41, 5.74) is -3.85. The van der Waals surface area contributed by atoms with Gasteiger partial charge in [0.2, 0.25) is 5.56 Å². The molecule has 2 atom stereocenters. The van der Waals surface area contributed by atoms with Gasteiger partial charge in [-0.1, -0.05) is 0 Å². The second kappa shape index (κ2) is 6.96. The number of nitrogens with zero attached hydrogens (tertiary/aromatic N) is 1. The fourth-order valence-electron chi connectivity index (χ4n) is 3.12. The third kappa shape index (κ3) is 4.00. The van der Waals surface area contributed by atoms with Crippen molar-refractivity contribution < 1.29 is 49.4 Å². The van der Waals surface area contributed by atoms with Gasteiger partial charge in [-0.15, -0.1) is 0 Å². The molecule has 0 amide bonds. The van der Waals surface area contributed by atoms with Gasteiger partial charge in [-0.2, -0.15) is 39.5 Å². The molecule has 1 aliphatic heterocycles. The number of fused-ring (bicyclic) bond motifs is 3. The Morgan fingerprint density at radius 3 is 2.30 bits per heavy atom. The lowest BCUT2D eigenvalue weighted by Gasteiger charge is -2.40. The fraction of sp³-hybridized carbons (Fsp3) is 0.438. The maximum Gasteiger partial charge on any atom is 0.417 e. The number of nitrogens with one attached hydrogen (secondary N) is 1. The number of hydrogen-bond acceptors (Lipinski definition) is 4. The van der Waals surface area contributed by atoms with Crippen LogP contribution in [0.3, 0.4) is 0 Å². The Bertz CT molecular complexity index is 1010. The normalized spacial score (nSPS) is 18.9. The van der Waals surface area contributed by atoms with Crippen LogP contribution in [0.15, 0.2) is 23.0 Å². The van der Waals surface area contributed by atoms with Crippen LogP contribution in [0.5, 0.6) is 5.75 Å². The Labute approximate surface area is 160 Å². The summed E-state index contributed by atoms with van der Waals surface area (Å²) in [4.78, 5) is 13.7. The standard InChI is InChI=1S/C16H11F9N2O3/c17-14(18,19)6-3-11(29)26-7-1-2-8-13(12(6)7)30-5-9(15(20,21)22)27(8)4-10(28)16(23,24)25/h1-3,9-10,28H,4-5H2,(H,26,29)/t9-,10+/m1/s1. The highest BCUT2D eigenvalue weighted by molar-refractivity contribution is 5.94. The smallest absolute Gasteiger partial charge is 0.417 e. The number of halogens is 9. The zero-order chi connectivity index (χ0) is 22.6. The van der Waals surface area contributed by atoms with E-state index >= 15 is 0 Å². The first-order valence-corrected chi connectivity index (χ1v) is 8.09. The molecule has 0 saturated heterocycles. The number of ether oxygens (including phenoxy) is 1. The summed E-state index contributed by atoms with van der Waals surface area (Å²) in [5.74, 6) is -0.786. The molecule has 1 aliphatic rings. The van der Waals surface area contributed by atoms with E-state index in [2.05, 4.69) is 4.98 Å². The molecule has 0 saturated carbocycles. The van der Waals surface area contributed by atoms with Crippen molar-refractivity contribution in [2.75, 3.05) is 18.1 Å². The van der Waals surface area contributed by atoms with Crippen molar-refractivity contribution in [2.45, 2.75) is 30.7 Å². The molecule has 166 valence electrons. The summed E-state index contributed by atoms with van der Waals surface area (Å²) < 4.78 is 123. The van der Waals surface area contributed by atoms with Crippen molar-refractivity contribution in [1.29, 1.82) is 0 Å². The summed E-state index contributed by atoms with van der Waals surface area (Å²) in [6, 6.07) is -0.887. The molecule has 3 rings (SSSR count). The van der Waals surface area contributed by atoms with Gasteiger partial charge < -0.3 is 19.7 Å². The Balaban J connectivity index is 2.26. The highest BCUT2D eigenvalue weighted by Crippen LogP contribution is 2.46. The molecule has 0 spiro atoms. The number of rotatable bonds is 2. The zero-order valence-electron chi connectivity index (χ0n) is 14.4. The SMILES string of the molecule is O=c1cc(C(F)(F)F)c2c3c(ccc2[nH]1)N(C[C@H](O)C(F)(F)F)[C@@H](C(F)(F)F)CO3. The van der Waals surface area contributed by atoms with Gasteiger partial charge in [0.25, 0.3) is 0 Å². The number of pyridine rings is 1. The van der Waals surface area contributed by atoms with Gasteiger partial charge in [-0.3, -0.25) is 4.79 Å². The minimum absolute atomic E-state index is 0.0989. The second-order valence-electron chi connectivity index (χ2n) is 6.46. The molecule has 1 aromatic carbocycles. The molecular formula is C16H11F9N2O3. The molecular weight excluding hydrogens is 439 g/mol. The molecule has 0 radical (unpaired) electrons. The van der Waals surface area contributed by atoms with E-state index in [1.54, 1.807) is 0 Å². The predicted molar refractivity (Wildman–Crippen MR) is 84.3 cm³/mol. The van der Waals surface area contributed by atoms with Gasteiger partial charge in [-0.25, -0.2) is 0 Å². The minimum Gasteiger partial charge on any atom is -0.488 e. The van der Waals surface area contributed by atoms with Crippen LogP contribution in [0.25, 0.3) is 10.9 Å². The molecule has 14 heteroatoms. The number of aliphatic hydroxyl groups excluding tert-OH is 1. The molecule has 2 heterocycles. The van der Waals surface area contributed by atoms with E-state index < -0.39 is 77.3 Å². The maximum absolute atomic E-state index is 13.4. The molecule has 0 fully saturated rings. The van der Waals surface area contributed by atoms with Crippen molar-refractivity contribution in [3.05, 3.63) is 34.1 Å². The summed E-state index contributed by atoms with van der Waals surface area (Å²) in [7, 11) is 0. The molecule has 2 N–H and O–H groups in total. The lowest BCUT2D eigenvalue weighted by atomic mass is 10.0. The molecule has 30 heavy (non-hydrogen) atoms. The van der Waals surface area contributed by atoms with E-state index in [4.69, 9.17) is 4.74 Å². The lowest BCUT2D eigenvalue weighted by molar-refractivity contribution is -0.204. The molecule has 0 aliphatic carbocycles. The Kier molecular flexibility index (Phi) is 5.12. The Morgan fingerprint density at radius 1 is 1.13 bits per heavy atom. The quantitative estimate of drug-likeness (QED) is 0.687. The number of alkyl halides is 9. The number of H-pyrrole nitrogens is 1. The van der Waals surface area contributed by atoms with E-state index in [1.807, 2.05) is 0 Å². The fourth-order valence-corrected chi connectivity index (χ4v) is 3.12. The van der Waals surface area contributed by atoms with Crippen LogP contribution in [0.2, 0.25) is 0 Å². The van der Waals surface area contributed by atoms with Crippen LogP contribution in [0.1, 0.15) is 5.56 Å². The van der Waals surface area contributed by atoms with Crippen LogP contribution in [0, 0.1) is 0 Å². The second-order valence-corrected chi connectivity index (χ2v) is 6.46. The maximum atomic E-state index is 13.4. The highest BCUT2D eigenvalue weighted by atomic mass is 19.4. The molecule has 1 aromatic heterocycles. The molecule has 5 nitrogen and oxygen atoms in total. The number of β-amino-alcohol motifs (C(OH)–C–C–N with tert-alkyl or cyclic N) is 1. The number of aromatic nitrogens is 1. The van der Waals surface area contributed by atoms with Crippen molar-refractivity contribution in [2.24, 2.45) is 0 Å². The van der Waals surface area contributed by atoms with Crippen LogP contribution < -0.4 is 15.2 Å². The minimum atomic E-state index is -5.27. The number of anilines is 1. The first-order valence-electron chi connectivity index (χ1n) is 8.09. The van der Waals surface area contributed by atoms with E-state index in [0.717, 1.165) is 12.1 Å². The number of benzene rings is 1. The summed E-state index contributed by atoms with van der Waals surface area (Å²) in [5, 5.41) is 8.47. The summed E-state index contributed by atoms with van der Waals surface area (Å²) in [6.45, 7) is -2.92. The third-order valence-corrected chi connectivity index (χ3v) is 4.44. The van der Waals surface area contributed by atoms with Crippen molar-refractivity contribution in [3.63, 3.8) is 0 Å². The number of aliphatic hydroxyl groups is 1. The van der Waals surface area contributed by atoms with Crippen LogP contribution in [-0.2, 0) is 6.18 Å². The van der Waals surface area contributed by atoms with Crippen LogP contribution in [0.4, 0.5) is 45.2 Å². The molecule has 0 unspecified atom stereocenters. The van der Waals surface area contributed by atoms with E-state index in [1.165, 1.54) is 0 Å². The zero-order valence-corrected chi connectivity index (χ0v) is 14.4. The van der Waals surface area contributed by atoms with Gasteiger partial charge in [0.15, 0.2) is 17.9 Å². The van der Waals surface area contributed by atoms with E-state index in [9.17, 15) is 49.4 Å². The predicted octanol–water partition coefficient (Wildman–Crippen LogP) is 3.60. The lowest BCUT2D eigenvalue weighted by Crippen LogP contribution is -2.56. The highest BCUT2D eigenvalue weighted by Gasteiger charge is 2.50. The van der Waals surface area contributed by atoms with Gasteiger partial charge in [-0.05, 0) is 12.1 Å². The van der Waals surface area contributed by atoms with Crippen molar-refractivity contribution in [1.82, 2.24) is 4.98 Å². The van der Waals surface area contributed by atoms with Crippen LogP contribution in [-0.4, -0.2) is 47.7 Å². The van der Waals surface area contributed by atoms with E-state index in [0.29, 0.717) is 0 Å². The first-order chi connectivity index (χ1) is 13.6. The summed E-state index contributed by atoms with van der Waals surface area (Å²) >= 11 is 0.